The predicted molar refractivity (Wildman–Crippen MR) is 49.9 cm³/mol. The van der Waals surface area contributed by atoms with Crippen LogP contribution in [0.4, 0.5) is 5.69 Å². The first kappa shape index (κ1) is 9.07. The van der Waals surface area contributed by atoms with E-state index in [-0.39, 0.29) is 0 Å². The van der Waals surface area contributed by atoms with Crippen molar-refractivity contribution in [3.05, 3.63) is 17.8 Å². The second kappa shape index (κ2) is 4.11. The Balaban J connectivity index is 2.75. The summed E-state index contributed by atoms with van der Waals surface area (Å²) in [5.41, 5.74) is 2.39. The molecule has 0 aromatic carbocycles. The van der Waals surface area contributed by atoms with Gasteiger partial charge >= 0.3 is 0 Å². The molecule has 12 heavy (non-hydrogen) atoms. The van der Waals surface area contributed by atoms with Crippen LogP contribution < -0.4 is 10.9 Å². The van der Waals surface area contributed by atoms with Crippen LogP contribution in [0.5, 0.6) is 0 Å². The maximum absolute atomic E-state index is 5.60. The summed E-state index contributed by atoms with van der Waals surface area (Å²) in [4.78, 5) is 3.99. The minimum absolute atomic E-state index is 0.440. The summed E-state index contributed by atoms with van der Waals surface area (Å²) in [5, 5.41) is 2.99. The van der Waals surface area contributed by atoms with Gasteiger partial charge in [0.15, 0.2) is 0 Å². The zero-order valence-electron chi connectivity index (χ0n) is 7.29. The van der Waals surface area contributed by atoms with Crippen LogP contribution in [0.3, 0.4) is 0 Å². The molecule has 3 nitrogen and oxygen atoms in total. The maximum atomic E-state index is 5.60. The number of hydrogen-bond acceptors (Lipinski definition) is 3. The summed E-state index contributed by atoms with van der Waals surface area (Å²) in [6, 6.07) is 1.93. The third kappa shape index (κ3) is 2.24. The minimum Gasteiger partial charge on any atom is -0.365 e. The first-order valence-electron chi connectivity index (χ1n) is 3.69. The number of ether oxygens (including phenoxy) is 1. The van der Waals surface area contributed by atoms with Crippen LogP contribution >= 0.6 is 0 Å². The molecule has 0 aliphatic carbocycles. The van der Waals surface area contributed by atoms with Gasteiger partial charge in [0.05, 0.1) is 0 Å². The van der Waals surface area contributed by atoms with Crippen molar-refractivity contribution in [2.24, 2.45) is 0 Å². The molecule has 0 amide bonds. The molecular weight excluding hydrogens is 151 g/mol. The quantitative estimate of drug-likeness (QED) is 0.509. The highest BCUT2D eigenvalue weighted by Crippen LogP contribution is 2.03. The monoisotopic (exact) mass is 162 g/mol. The normalized spacial score (nSPS) is 9.83. The SMILES string of the molecule is [B]c1ncc(C)cc1NCOC. The average Bonchev–Trinajstić information content (AvgIpc) is 2.07. The van der Waals surface area contributed by atoms with Crippen LogP contribution in [0.25, 0.3) is 0 Å². The van der Waals surface area contributed by atoms with Crippen LogP contribution in [-0.2, 0) is 4.74 Å². The van der Waals surface area contributed by atoms with Gasteiger partial charge in [-0.25, -0.2) is 0 Å². The molecule has 1 aromatic heterocycles. The molecule has 1 aromatic rings. The number of nitrogens with zero attached hydrogens (tertiary/aromatic N) is 1. The van der Waals surface area contributed by atoms with Gasteiger partial charge in [0, 0.05) is 24.6 Å². The van der Waals surface area contributed by atoms with E-state index < -0.39 is 0 Å². The van der Waals surface area contributed by atoms with Gasteiger partial charge in [0.2, 0.25) is 0 Å². The number of nitrogens with one attached hydrogen (secondary N) is 1. The summed E-state index contributed by atoms with van der Waals surface area (Å²) in [6.45, 7) is 2.40. The van der Waals surface area contributed by atoms with Gasteiger partial charge in [0.25, 0.3) is 0 Å². The molecule has 4 heteroatoms. The van der Waals surface area contributed by atoms with Crippen LogP contribution in [0.1, 0.15) is 5.56 Å². The number of methoxy groups -OCH3 is 1. The highest BCUT2D eigenvalue weighted by Gasteiger charge is 1.96. The Hall–Kier alpha value is -1.03. The van der Waals surface area contributed by atoms with Gasteiger partial charge < -0.3 is 10.1 Å². The average molecular weight is 162 g/mol. The summed E-state index contributed by atoms with van der Waals surface area (Å²) in [7, 11) is 7.22. The number of anilines is 1. The van der Waals surface area contributed by atoms with E-state index in [9.17, 15) is 0 Å². The Morgan fingerprint density at radius 1 is 1.67 bits per heavy atom. The van der Waals surface area contributed by atoms with Gasteiger partial charge in [-0.05, 0) is 18.6 Å². The molecule has 0 fully saturated rings. The smallest absolute Gasteiger partial charge is 0.144 e. The molecule has 0 spiro atoms. The van der Waals surface area contributed by atoms with E-state index in [1.807, 2.05) is 13.0 Å². The zero-order valence-corrected chi connectivity index (χ0v) is 7.29. The first-order valence-corrected chi connectivity index (χ1v) is 3.69. The summed E-state index contributed by atoms with van der Waals surface area (Å²) < 4.78 is 4.85. The highest BCUT2D eigenvalue weighted by atomic mass is 16.5. The second-order valence-electron chi connectivity index (χ2n) is 2.56. The van der Waals surface area contributed by atoms with E-state index in [1.165, 1.54) is 0 Å². The fourth-order valence-electron chi connectivity index (χ4n) is 0.871. The van der Waals surface area contributed by atoms with Crippen LogP contribution in [0.15, 0.2) is 12.3 Å². The Labute approximate surface area is 73.6 Å². The molecule has 0 saturated heterocycles. The van der Waals surface area contributed by atoms with E-state index in [0.29, 0.717) is 12.3 Å². The van der Waals surface area contributed by atoms with Gasteiger partial charge in [0.1, 0.15) is 14.6 Å². The summed E-state index contributed by atoms with van der Waals surface area (Å²) in [6.07, 6.45) is 1.73. The lowest BCUT2D eigenvalue weighted by Crippen LogP contribution is -2.17. The molecular formula is C8H11BN2O. The van der Waals surface area contributed by atoms with Crippen molar-refractivity contribution in [3.63, 3.8) is 0 Å². The molecule has 0 atom stereocenters. The lowest BCUT2D eigenvalue weighted by molar-refractivity contribution is 0.221. The van der Waals surface area contributed by atoms with E-state index in [2.05, 4.69) is 10.3 Å². The number of aromatic nitrogens is 1. The molecule has 62 valence electrons. The van der Waals surface area contributed by atoms with Gasteiger partial charge in [-0.1, -0.05) is 0 Å². The number of pyridine rings is 1. The topological polar surface area (TPSA) is 34.2 Å². The van der Waals surface area contributed by atoms with Gasteiger partial charge in [-0.2, -0.15) is 0 Å². The Bertz CT molecular complexity index is 265. The molecule has 0 aliphatic heterocycles. The second-order valence-corrected chi connectivity index (χ2v) is 2.56. The van der Waals surface area contributed by atoms with Crippen molar-refractivity contribution in [1.29, 1.82) is 0 Å². The largest absolute Gasteiger partial charge is 0.365 e. The zero-order chi connectivity index (χ0) is 8.97. The maximum Gasteiger partial charge on any atom is 0.144 e. The van der Waals surface area contributed by atoms with Gasteiger partial charge in [-0.3, -0.25) is 4.98 Å². The van der Waals surface area contributed by atoms with Crippen molar-refractivity contribution in [1.82, 2.24) is 4.98 Å². The fourth-order valence-corrected chi connectivity index (χ4v) is 0.871. The van der Waals surface area contributed by atoms with E-state index in [4.69, 9.17) is 12.6 Å². The first-order chi connectivity index (χ1) is 5.74. The Kier molecular flexibility index (Phi) is 3.11. The highest BCUT2D eigenvalue weighted by molar-refractivity contribution is 6.34. The molecule has 1 N–H and O–H groups in total. The van der Waals surface area contributed by atoms with Crippen molar-refractivity contribution >= 4 is 19.1 Å². The van der Waals surface area contributed by atoms with E-state index >= 15 is 0 Å². The molecule has 0 saturated carbocycles. The summed E-state index contributed by atoms with van der Waals surface area (Å²) in [5.74, 6) is 0. The minimum atomic E-state index is 0.440. The van der Waals surface area contributed by atoms with Crippen molar-refractivity contribution in [3.8, 4) is 0 Å². The third-order valence-corrected chi connectivity index (χ3v) is 1.46. The molecule has 0 unspecified atom stereocenters. The number of hydrogen-bond donors (Lipinski definition) is 1. The lowest BCUT2D eigenvalue weighted by Gasteiger charge is -2.08. The van der Waals surface area contributed by atoms with Crippen LogP contribution in [-0.4, -0.2) is 26.7 Å². The van der Waals surface area contributed by atoms with Crippen LogP contribution in [0.2, 0.25) is 0 Å². The van der Waals surface area contributed by atoms with E-state index in [0.717, 1.165) is 11.3 Å². The Morgan fingerprint density at radius 2 is 2.42 bits per heavy atom. The summed E-state index contributed by atoms with van der Waals surface area (Å²) >= 11 is 0. The standard InChI is InChI=1S/C8H11BN2O/c1-6-3-7(11-5-12-2)8(9)10-4-6/h3-4,11H,5H2,1-2H3. The van der Waals surface area contributed by atoms with Crippen molar-refractivity contribution in [2.45, 2.75) is 6.92 Å². The van der Waals surface area contributed by atoms with Crippen molar-refractivity contribution in [2.75, 3.05) is 19.2 Å². The molecule has 0 aliphatic rings. The predicted octanol–water partition coefficient (Wildman–Crippen LogP) is 0.200. The fraction of sp³-hybridized carbons (Fsp3) is 0.375. The van der Waals surface area contributed by atoms with Crippen LogP contribution in [0, 0.1) is 6.92 Å². The third-order valence-electron chi connectivity index (χ3n) is 1.46. The number of aryl methyl sites for hydroxylation is 1. The number of rotatable bonds is 3. The van der Waals surface area contributed by atoms with Gasteiger partial charge in [-0.15, -0.1) is 0 Å². The van der Waals surface area contributed by atoms with Crippen molar-refractivity contribution < 1.29 is 4.74 Å². The Morgan fingerprint density at radius 3 is 3.08 bits per heavy atom. The molecule has 1 rings (SSSR count). The molecule has 1 heterocycles. The lowest BCUT2D eigenvalue weighted by atomic mass is 10.0. The van der Waals surface area contributed by atoms with E-state index in [1.54, 1.807) is 13.3 Å². The molecule has 2 radical (unpaired) electrons. The molecule has 0 bridgehead atoms.